The molecule has 0 aromatic heterocycles. The first-order valence-corrected chi connectivity index (χ1v) is 8.90. The molecule has 0 fully saturated rings. The normalized spacial score (nSPS) is 12.3. The van der Waals surface area contributed by atoms with Gasteiger partial charge in [-0.05, 0) is 52.9 Å². The molecule has 0 heterocycles. The van der Waals surface area contributed by atoms with E-state index in [2.05, 4.69) is 0 Å². The third-order valence-corrected chi connectivity index (χ3v) is 5.45. The summed E-state index contributed by atoms with van der Waals surface area (Å²) in [5.74, 6) is -2.18. The summed E-state index contributed by atoms with van der Waals surface area (Å²) in [6, 6.07) is 3.53. The smallest absolute Gasteiger partial charge is 0.277 e. The fourth-order valence-corrected chi connectivity index (χ4v) is 3.78. The molecule has 11 heteroatoms. The summed E-state index contributed by atoms with van der Waals surface area (Å²) >= 11 is 6.87. The topological polar surface area (TPSA) is 46.2 Å². The number of alkyl halides is 3. The van der Waals surface area contributed by atoms with Crippen LogP contribution in [0.25, 0.3) is 0 Å². The molecular weight excluding hydrogens is 492 g/mol. The summed E-state index contributed by atoms with van der Waals surface area (Å²) in [5.41, 5.74) is -2.15. The molecule has 0 saturated carbocycles. The Kier molecular flexibility index (Phi) is 5.31. The molecule has 24 heavy (non-hydrogen) atoms. The Labute approximate surface area is 152 Å². The molecule has 1 N–H and O–H groups in total. The van der Waals surface area contributed by atoms with Gasteiger partial charge in [-0.25, -0.2) is 17.2 Å². The Bertz CT molecular complexity index is 902. The van der Waals surface area contributed by atoms with Crippen molar-refractivity contribution in [2.75, 3.05) is 4.72 Å². The Balaban J connectivity index is 2.57. The second kappa shape index (κ2) is 6.64. The molecule has 0 aliphatic carbocycles. The lowest BCUT2D eigenvalue weighted by atomic mass is 10.2. The average Bonchev–Trinajstić information content (AvgIpc) is 2.46. The summed E-state index contributed by atoms with van der Waals surface area (Å²) in [6.45, 7) is 0. The van der Waals surface area contributed by atoms with Crippen LogP contribution in [-0.2, 0) is 16.2 Å². The van der Waals surface area contributed by atoms with Crippen molar-refractivity contribution in [3.05, 3.63) is 56.1 Å². The third-order valence-electron chi connectivity index (χ3n) is 2.82. The van der Waals surface area contributed by atoms with Crippen molar-refractivity contribution in [2.24, 2.45) is 0 Å². The van der Waals surface area contributed by atoms with Crippen molar-refractivity contribution < 1.29 is 30.4 Å². The van der Waals surface area contributed by atoms with Gasteiger partial charge >= 0.3 is 6.18 Å². The van der Waals surface area contributed by atoms with Gasteiger partial charge in [0.2, 0.25) is 0 Å². The molecule has 0 unspecified atom stereocenters. The van der Waals surface area contributed by atoms with E-state index in [0.29, 0.717) is 12.1 Å². The molecule has 2 aromatic rings. The highest BCUT2D eigenvalue weighted by Crippen LogP contribution is 2.36. The quantitative estimate of drug-likeness (QED) is 0.367. The Morgan fingerprint density at radius 2 is 1.71 bits per heavy atom. The number of sulfonamides is 1. The highest BCUT2D eigenvalue weighted by Gasteiger charge is 2.37. The second-order valence-electron chi connectivity index (χ2n) is 4.47. The molecule has 0 radical (unpaired) electrons. The molecular formula is C13H6ClF5INO2S. The zero-order valence-corrected chi connectivity index (χ0v) is 15.0. The van der Waals surface area contributed by atoms with Crippen LogP contribution in [-0.4, -0.2) is 8.42 Å². The Morgan fingerprint density at radius 1 is 1.08 bits per heavy atom. The minimum atomic E-state index is -4.97. The van der Waals surface area contributed by atoms with Gasteiger partial charge in [-0.2, -0.15) is 13.2 Å². The van der Waals surface area contributed by atoms with Crippen LogP contribution in [0, 0.1) is 15.2 Å². The lowest BCUT2D eigenvalue weighted by Gasteiger charge is -2.15. The van der Waals surface area contributed by atoms with Gasteiger partial charge in [0.15, 0.2) is 5.82 Å². The first-order chi connectivity index (χ1) is 10.9. The van der Waals surface area contributed by atoms with Crippen LogP contribution >= 0.6 is 34.2 Å². The van der Waals surface area contributed by atoms with Crippen LogP contribution in [0.5, 0.6) is 0 Å². The van der Waals surface area contributed by atoms with Crippen LogP contribution in [0.2, 0.25) is 5.02 Å². The summed E-state index contributed by atoms with van der Waals surface area (Å²) in [4.78, 5) is -1.17. The zero-order valence-electron chi connectivity index (χ0n) is 11.3. The van der Waals surface area contributed by atoms with E-state index in [-0.39, 0.29) is 5.02 Å². The number of nitrogens with one attached hydrogen (secondary N) is 1. The number of hydrogen-bond donors (Lipinski definition) is 1. The molecule has 2 aromatic carbocycles. The Morgan fingerprint density at radius 3 is 2.29 bits per heavy atom. The molecule has 0 spiro atoms. The molecule has 0 aliphatic rings. The number of anilines is 1. The van der Waals surface area contributed by atoms with Crippen molar-refractivity contribution in [1.29, 1.82) is 0 Å². The zero-order chi connectivity index (χ0) is 18.3. The average molecular weight is 498 g/mol. The summed E-state index contributed by atoms with van der Waals surface area (Å²) in [5, 5.41) is -0.252. The number of hydrogen-bond acceptors (Lipinski definition) is 2. The van der Waals surface area contributed by atoms with Gasteiger partial charge in [0.25, 0.3) is 10.0 Å². The predicted octanol–water partition coefficient (Wildman–Crippen LogP) is 5.04. The molecule has 0 atom stereocenters. The van der Waals surface area contributed by atoms with Gasteiger partial charge in [0.1, 0.15) is 10.7 Å². The van der Waals surface area contributed by atoms with E-state index >= 15 is 0 Å². The predicted molar refractivity (Wildman–Crippen MR) is 86.3 cm³/mol. The maximum Gasteiger partial charge on any atom is 0.417 e. The summed E-state index contributed by atoms with van der Waals surface area (Å²) in [6.07, 6.45) is -4.97. The van der Waals surface area contributed by atoms with E-state index in [1.165, 1.54) is 22.6 Å². The van der Waals surface area contributed by atoms with E-state index < -0.39 is 47.6 Å². The van der Waals surface area contributed by atoms with E-state index in [1.807, 2.05) is 0 Å². The number of halogens is 7. The molecule has 3 nitrogen and oxygen atoms in total. The van der Waals surface area contributed by atoms with E-state index in [0.717, 1.165) is 18.2 Å². The lowest BCUT2D eigenvalue weighted by Crippen LogP contribution is -2.19. The van der Waals surface area contributed by atoms with Crippen molar-refractivity contribution in [3.63, 3.8) is 0 Å². The first kappa shape index (κ1) is 19.2. The fraction of sp³-hybridized carbons (Fsp3) is 0.0769. The van der Waals surface area contributed by atoms with Crippen LogP contribution in [0.3, 0.4) is 0 Å². The van der Waals surface area contributed by atoms with Crippen molar-refractivity contribution in [1.82, 2.24) is 0 Å². The molecule has 0 bridgehead atoms. The molecule has 130 valence electrons. The maximum atomic E-state index is 13.9. The van der Waals surface area contributed by atoms with Crippen LogP contribution in [0.4, 0.5) is 27.6 Å². The highest BCUT2D eigenvalue weighted by molar-refractivity contribution is 14.1. The first-order valence-electron chi connectivity index (χ1n) is 5.96. The van der Waals surface area contributed by atoms with Gasteiger partial charge in [-0.15, -0.1) is 0 Å². The third kappa shape index (κ3) is 3.91. The van der Waals surface area contributed by atoms with Crippen LogP contribution in [0.1, 0.15) is 5.56 Å². The molecule has 0 amide bonds. The SMILES string of the molecule is O=S(=O)(Nc1ccc(F)c(I)c1F)c1cc(Cl)ccc1C(F)(F)F. The van der Waals surface area contributed by atoms with E-state index in [9.17, 15) is 30.4 Å². The van der Waals surface area contributed by atoms with Crippen molar-refractivity contribution in [3.8, 4) is 0 Å². The standard InChI is InChI=1S/C13H6ClF5INO2S/c14-6-1-2-7(13(17,18)19)10(5-6)24(22,23)21-9-4-3-8(15)12(20)11(9)16/h1-5,21H. The highest BCUT2D eigenvalue weighted by atomic mass is 127. The monoisotopic (exact) mass is 497 g/mol. The second-order valence-corrected chi connectivity index (χ2v) is 7.63. The van der Waals surface area contributed by atoms with Gasteiger partial charge in [0.05, 0.1) is 14.8 Å². The molecule has 0 aliphatic heterocycles. The van der Waals surface area contributed by atoms with Gasteiger partial charge < -0.3 is 0 Å². The largest absolute Gasteiger partial charge is 0.417 e. The Hall–Kier alpha value is -1.14. The minimum Gasteiger partial charge on any atom is -0.277 e. The lowest BCUT2D eigenvalue weighted by molar-refractivity contribution is -0.139. The number of rotatable bonds is 3. The minimum absolute atomic E-state index is 0.252. The van der Waals surface area contributed by atoms with Gasteiger partial charge in [0, 0.05) is 5.02 Å². The van der Waals surface area contributed by atoms with Crippen LogP contribution in [0.15, 0.2) is 35.2 Å². The fourth-order valence-electron chi connectivity index (χ4n) is 1.76. The van der Waals surface area contributed by atoms with Crippen molar-refractivity contribution in [2.45, 2.75) is 11.1 Å². The summed E-state index contributed by atoms with van der Waals surface area (Å²) in [7, 11) is -4.82. The van der Waals surface area contributed by atoms with Crippen LogP contribution < -0.4 is 4.72 Å². The van der Waals surface area contributed by atoms with Gasteiger partial charge in [-0.1, -0.05) is 11.6 Å². The van der Waals surface area contributed by atoms with Crippen molar-refractivity contribution >= 4 is 49.9 Å². The van der Waals surface area contributed by atoms with Gasteiger partial charge in [-0.3, -0.25) is 4.72 Å². The van der Waals surface area contributed by atoms with E-state index in [4.69, 9.17) is 11.6 Å². The summed E-state index contributed by atoms with van der Waals surface area (Å²) < 4.78 is 91.7. The molecule has 0 saturated heterocycles. The molecule has 2 rings (SSSR count). The number of benzene rings is 2. The maximum absolute atomic E-state index is 13.9. The van der Waals surface area contributed by atoms with E-state index in [1.54, 1.807) is 4.72 Å².